The highest BCUT2D eigenvalue weighted by atomic mass is 32.1. The Labute approximate surface area is 125 Å². The Kier molecular flexibility index (Phi) is 4.69. The first-order valence-electron chi connectivity index (χ1n) is 6.69. The SMILES string of the molecule is CCc1ccccc1NC(=S)Nc1cc(C)cc(C)n1. The second kappa shape index (κ2) is 6.48. The summed E-state index contributed by atoms with van der Waals surface area (Å²) in [6.07, 6.45) is 0.966. The molecule has 2 rings (SSSR count). The van der Waals surface area contributed by atoms with Crippen molar-refractivity contribution in [3.05, 3.63) is 53.2 Å². The average Bonchev–Trinajstić information content (AvgIpc) is 2.37. The van der Waals surface area contributed by atoms with Gasteiger partial charge in [-0.05, 0) is 61.8 Å². The van der Waals surface area contributed by atoms with Crippen LogP contribution in [0.3, 0.4) is 0 Å². The molecular weight excluding hydrogens is 266 g/mol. The maximum absolute atomic E-state index is 5.35. The zero-order chi connectivity index (χ0) is 14.5. The lowest BCUT2D eigenvalue weighted by molar-refractivity contribution is 1.14. The minimum Gasteiger partial charge on any atom is -0.332 e. The number of aryl methyl sites for hydroxylation is 3. The average molecular weight is 285 g/mol. The molecule has 0 unspecified atom stereocenters. The number of para-hydroxylation sites is 1. The molecule has 0 aliphatic rings. The molecule has 0 amide bonds. The van der Waals surface area contributed by atoms with Crippen LogP contribution >= 0.6 is 12.2 Å². The van der Waals surface area contributed by atoms with Crippen LogP contribution in [-0.2, 0) is 6.42 Å². The maximum atomic E-state index is 5.35. The molecule has 2 aromatic rings. The number of hydrogen-bond donors (Lipinski definition) is 2. The number of nitrogens with zero attached hydrogens (tertiary/aromatic N) is 1. The summed E-state index contributed by atoms with van der Waals surface area (Å²) in [4.78, 5) is 4.42. The molecule has 3 nitrogen and oxygen atoms in total. The quantitative estimate of drug-likeness (QED) is 0.834. The van der Waals surface area contributed by atoms with Crippen LogP contribution in [0.2, 0.25) is 0 Å². The van der Waals surface area contributed by atoms with Crippen molar-refractivity contribution in [2.45, 2.75) is 27.2 Å². The lowest BCUT2D eigenvalue weighted by Gasteiger charge is -2.13. The Morgan fingerprint density at radius 1 is 1.15 bits per heavy atom. The van der Waals surface area contributed by atoms with E-state index in [0.29, 0.717) is 5.11 Å². The van der Waals surface area contributed by atoms with Gasteiger partial charge in [0, 0.05) is 11.4 Å². The third-order valence-electron chi connectivity index (χ3n) is 2.99. The van der Waals surface area contributed by atoms with Crippen molar-refractivity contribution in [2.75, 3.05) is 10.6 Å². The lowest BCUT2D eigenvalue weighted by atomic mass is 10.1. The third-order valence-corrected chi connectivity index (χ3v) is 3.19. The van der Waals surface area contributed by atoms with Crippen molar-refractivity contribution in [3.8, 4) is 0 Å². The summed E-state index contributed by atoms with van der Waals surface area (Å²) in [5.74, 6) is 0.772. The standard InChI is InChI=1S/C16H19N3S/c1-4-13-7-5-6-8-14(13)18-16(20)19-15-10-11(2)9-12(3)17-15/h5-10H,4H2,1-3H3,(H2,17,18,19,20). The molecule has 0 spiro atoms. The topological polar surface area (TPSA) is 37.0 Å². The molecule has 20 heavy (non-hydrogen) atoms. The van der Waals surface area contributed by atoms with Crippen LogP contribution in [0.4, 0.5) is 11.5 Å². The number of anilines is 2. The number of nitrogens with one attached hydrogen (secondary N) is 2. The fourth-order valence-corrected chi connectivity index (χ4v) is 2.34. The van der Waals surface area contributed by atoms with Gasteiger partial charge in [-0.25, -0.2) is 4.98 Å². The largest absolute Gasteiger partial charge is 0.332 e. The molecule has 0 radical (unpaired) electrons. The van der Waals surface area contributed by atoms with Crippen LogP contribution in [0.15, 0.2) is 36.4 Å². The van der Waals surface area contributed by atoms with Gasteiger partial charge in [-0.1, -0.05) is 25.1 Å². The van der Waals surface area contributed by atoms with Gasteiger partial charge in [0.15, 0.2) is 5.11 Å². The molecule has 0 fully saturated rings. The van der Waals surface area contributed by atoms with E-state index in [1.165, 1.54) is 5.56 Å². The predicted molar refractivity (Wildman–Crippen MR) is 89.4 cm³/mol. The highest BCUT2D eigenvalue weighted by Crippen LogP contribution is 2.16. The van der Waals surface area contributed by atoms with Crippen LogP contribution < -0.4 is 10.6 Å². The monoisotopic (exact) mass is 285 g/mol. The van der Waals surface area contributed by atoms with Gasteiger partial charge in [-0.3, -0.25) is 0 Å². The maximum Gasteiger partial charge on any atom is 0.176 e. The van der Waals surface area contributed by atoms with E-state index in [9.17, 15) is 0 Å². The Hall–Kier alpha value is -1.94. The van der Waals surface area contributed by atoms with Crippen molar-refractivity contribution >= 4 is 28.8 Å². The molecule has 0 aliphatic carbocycles. The van der Waals surface area contributed by atoms with Crippen LogP contribution in [0, 0.1) is 13.8 Å². The predicted octanol–water partition coefficient (Wildman–Crippen LogP) is 4.07. The van der Waals surface area contributed by atoms with E-state index in [1.807, 2.05) is 44.2 Å². The van der Waals surface area contributed by atoms with E-state index >= 15 is 0 Å². The molecule has 0 atom stereocenters. The zero-order valence-electron chi connectivity index (χ0n) is 12.0. The van der Waals surface area contributed by atoms with Crippen LogP contribution in [0.5, 0.6) is 0 Å². The second-order valence-electron chi connectivity index (χ2n) is 4.76. The van der Waals surface area contributed by atoms with Crippen molar-refractivity contribution in [2.24, 2.45) is 0 Å². The molecule has 104 valence electrons. The van der Waals surface area contributed by atoms with E-state index < -0.39 is 0 Å². The summed E-state index contributed by atoms with van der Waals surface area (Å²) in [5, 5.41) is 6.92. The smallest absolute Gasteiger partial charge is 0.176 e. The first-order valence-corrected chi connectivity index (χ1v) is 7.10. The molecule has 2 N–H and O–H groups in total. The van der Waals surface area contributed by atoms with Gasteiger partial charge in [-0.15, -0.1) is 0 Å². The summed E-state index contributed by atoms with van der Waals surface area (Å²) in [6.45, 7) is 6.15. The molecular formula is C16H19N3S. The van der Waals surface area contributed by atoms with E-state index in [1.54, 1.807) is 0 Å². The third kappa shape index (κ3) is 3.78. The van der Waals surface area contributed by atoms with E-state index in [2.05, 4.69) is 28.6 Å². The zero-order valence-corrected chi connectivity index (χ0v) is 12.8. The Balaban J connectivity index is 2.09. The van der Waals surface area contributed by atoms with E-state index in [0.717, 1.165) is 29.2 Å². The molecule has 0 aliphatic heterocycles. The normalized spacial score (nSPS) is 10.2. The summed E-state index contributed by atoms with van der Waals surface area (Å²) in [5.41, 5.74) is 4.42. The second-order valence-corrected chi connectivity index (χ2v) is 5.17. The van der Waals surface area contributed by atoms with E-state index in [-0.39, 0.29) is 0 Å². The number of benzene rings is 1. The molecule has 1 heterocycles. The van der Waals surface area contributed by atoms with Crippen LogP contribution in [-0.4, -0.2) is 10.1 Å². The highest BCUT2D eigenvalue weighted by molar-refractivity contribution is 7.80. The molecule has 0 saturated heterocycles. The van der Waals surface area contributed by atoms with Crippen molar-refractivity contribution in [1.82, 2.24) is 4.98 Å². The number of aromatic nitrogens is 1. The first kappa shape index (κ1) is 14.5. The van der Waals surface area contributed by atoms with Gasteiger partial charge in [0.05, 0.1) is 0 Å². The summed E-state index contributed by atoms with van der Waals surface area (Å²) in [6, 6.07) is 12.2. The summed E-state index contributed by atoms with van der Waals surface area (Å²) >= 11 is 5.35. The summed E-state index contributed by atoms with van der Waals surface area (Å²) < 4.78 is 0. The fourth-order valence-electron chi connectivity index (χ4n) is 2.13. The Bertz CT molecular complexity index is 603. The molecule has 0 bridgehead atoms. The van der Waals surface area contributed by atoms with Gasteiger partial charge in [0.2, 0.25) is 0 Å². The first-order chi connectivity index (χ1) is 9.58. The molecule has 1 aromatic heterocycles. The lowest BCUT2D eigenvalue weighted by Crippen LogP contribution is -2.20. The minimum absolute atomic E-state index is 0.559. The van der Waals surface area contributed by atoms with Gasteiger partial charge >= 0.3 is 0 Å². The number of hydrogen-bond acceptors (Lipinski definition) is 2. The summed E-state index contributed by atoms with van der Waals surface area (Å²) in [7, 11) is 0. The number of pyridine rings is 1. The van der Waals surface area contributed by atoms with Crippen molar-refractivity contribution in [3.63, 3.8) is 0 Å². The highest BCUT2D eigenvalue weighted by Gasteiger charge is 2.04. The molecule has 0 saturated carbocycles. The van der Waals surface area contributed by atoms with Crippen molar-refractivity contribution < 1.29 is 0 Å². The molecule has 1 aromatic carbocycles. The van der Waals surface area contributed by atoms with Crippen LogP contribution in [0.1, 0.15) is 23.7 Å². The van der Waals surface area contributed by atoms with Gasteiger partial charge in [-0.2, -0.15) is 0 Å². The van der Waals surface area contributed by atoms with Gasteiger partial charge < -0.3 is 10.6 Å². The molecule has 4 heteroatoms. The Morgan fingerprint density at radius 2 is 1.90 bits per heavy atom. The van der Waals surface area contributed by atoms with Gasteiger partial charge in [0.1, 0.15) is 5.82 Å². The Morgan fingerprint density at radius 3 is 2.60 bits per heavy atom. The van der Waals surface area contributed by atoms with Crippen LogP contribution in [0.25, 0.3) is 0 Å². The fraction of sp³-hybridized carbons (Fsp3) is 0.250. The van der Waals surface area contributed by atoms with Crippen molar-refractivity contribution in [1.29, 1.82) is 0 Å². The minimum atomic E-state index is 0.559. The number of rotatable bonds is 3. The van der Waals surface area contributed by atoms with E-state index in [4.69, 9.17) is 12.2 Å². The van der Waals surface area contributed by atoms with Gasteiger partial charge in [0.25, 0.3) is 0 Å². The number of thiocarbonyl (C=S) groups is 1.